The van der Waals surface area contributed by atoms with Gasteiger partial charge in [-0.3, -0.25) is 4.79 Å². The molecule has 0 radical (unpaired) electrons. The molecule has 0 amide bonds. The van der Waals surface area contributed by atoms with E-state index < -0.39 is 28.7 Å². The molecule has 3 aliphatic rings. The van der Waals surface area contributed by atoms with E-state index in [9.17, 15) is 24.8 Å². The number of hydrogen-bond donors (Lipinski definition) is 1. The molecule has 0 unspecified atom stereocenters. The largest absolute Gasteiger partial charge is 0.477 e. The van der Waals surface area contributed by atoms with Crippen LogP contribution in [0.3, 0.4) is 0 Å². The molecule has 1 N–H and O–H groups in total. The van der Waals surface area contributed by atoms with E-state index in [0.717, 1.165) is 38.3 Å². The summed E-state index contributed by atoms with van der Waals surface area (Å²) in [6, 6.07) is 3.21. The van der Waals surface area contributed by atoms with Crippen LogP contribution in [0.4, 0.5) is 10.1 Å². The summed E-state index contributed by atoms with van der Waals surface area (Å²) in [4.78, 5) is 40.3. The average Bonchev–Trinajstić information content (AvgIpc) is 3.60. The summed E-state index contributed by atoms with van der Waals surface area (Å²) in [5, 5.41) is 19.6. The topological polar surface area (TPSA) is 116 Å². The number of piperidine rings is 1. The number of nitrogens with zero attached hydrogens (tertiary/aromatic N) is 4. The summed E-state index contributed by atoms with van der Waals surface area (Å²) < 4.78 is 22.3. The molecule has 2 atom stereocenters. The Morgan fingerprint density at radius 1 is 1.31 bits per heavy atom. The van der Waals surface area contributed by atoms with E-state index in [2.05, 4.69) is 11.0 Å². The lowest BCUT2D eigenvalue weighted by Gasteiger charge is -2.35. The highest BCUT2D eigenvalue weighted by atomic mass is 19.1. The molecule has 3 fully saturated rings. The number of nitriles is 1. The van der Waals surface area contributed by atoms with Crippen LogP contribution in [-0.4, -0.2) is 58.8 Å². The van der Waals surface area contributed by atoms with Crippen molar-refractivity contribution in [1.29, 1.82) is 5.26 Å². The molecule has 1 aromatic carbocycles. The van der Waals surface area contributed by atoms with Crippen LogP contribution in [0.25, 0.3) is 10.9 Å². The number of aromatic nitrogens is 1. The van der Waals surface area contributed by atoms with Crippen molar-refractivity contribution < 1.29 is 23.8 Å². The van der Waals surface area contributed by atoms with E-state index >= 15 is 4.39 Å². The second-order valence-corrected chi connectivity index (χ2v) is 9.59. The molecule has 0 spiro atoms. The average molecular weight is 495 g/mol. The maximum atomic E-state index is 15.6. The van der Waals surface area contributed by atoms with Crippen LogP contribution in [0.2, 0.25) is 0 Å². The highest BCUT2D eigenvalue weighted by Crippen LogP contribution is 2.42. The number of ether oxygens (including phenoxy) is 1. The first-order valence-corrected chi connectivity index (χ1v) is 12.2. The minimum absolute atomic E-state index is 0.0266. The molecule has 1 saturated carbocycles. The van der Waals surface area contributed by atoms with Crippen LogP contribution in [0, 0.1) is 23.1 Å². The summed E-state index contributed by atoms with van der Waals surface area (Å²) in [7, 11) is 0. The van der Waals surface area contributed by atoms with Crippen molar-refractivity contribution in [2.75, 3.05) is 31.1 Å². The maximum Gasteiger partial charge on any atom is 0.341 e. The van der Waals surface area contributed by atoms with E-state index in [1.165, 1.54) is 12.3 Å². The van der Waals surface area contributed by atoms with Gasteiger partial charge in [0.2, 0.25) is 5.43 Å². The lowest BCUT2D eigenvalue weighted by atomic mass is 9.92. The Kier molecular flexibility index (Phi) is 6.16. The van der Waals surface area contributed by atoms with E-state index in [1.54, 1.807) is 17.7 Å². The molecular weight excluding hydrogens is 467 g/mol. The lowest BCUT2D eigenvalue weighted by molar-refractivity contribution is -0.137. The Morgan fingerprint density at radius 3 is 2.75 bits per heavy atom. The minimum Gasteiger partial charge on any atom is -0.477 e. The first kappa shape index (κ1) is 23.9. The molecule has 188 valence electrons. The number of carboxylic acid groups (broad SMARTS) is 1. The summed E-state index contributed by atoms with van der Waals surface area (Å²) in [5.74, 6) is -2.29. The molecule has 2 aliphatic heterocycles. The first-order valence-electron chi connectivity index (χ1n) is 12.2. The van der Waals surface area contributed by atoms with Gasteiger partial charge < -0.3 is 24.2 Å². The maximum absolute atomic E-state index is 15.6. The highest BCUT2D eigenvalue weighted by molar-refractivity contribution is 5.96. The molecule has 2 aromatic rings. The van der Waals surface area contributed by atoms with Gasteiger partial charge in [0.25, 0.3) is 0 Å². The molecule has 10 heteroatoms. The molecule has 9 nitrogen and oxygen atoms in total. The first-order chi connectivity index (χ1) is 17.3. The number of rotatable bonds is 6. The predicted molar refractivity (Wildman–Crippen MR) is 129 cm³/mol. The van der Waals surface area contributed by atoms with Gasteiger partial charge in [0.1, 0.15) is 23.0 Å². The number of carbonyl (C=O) groups excluding carboxylic acids is 1. The summed E-state index contributed by atoms with van der Waals surface area (Å²) in [6.45, 7) is 3.78. The highest BCUT2D eigenvalue weighted by Gasteiger charge is 2.40. The van der Waals surface area contributed by atoms with Gasteiger partial charge in [0, 0.05) is 44.1 Å². The third-order valence-corrected chi connectivity index (χ3v) is 7.35. The molecule has 36 heavy (non-hydrogen) atoms. The zero-order valence-electron chi connectivity index (χ0n) is 19.9. The van der Waals surface area contributed by atoms with E-state index in [-0.39, 0.29) is 34.6 Å². The van der Waals surface area contributed by atoms with Gasteiger partial charge in [-0.25, -0.2) is 14.0 Å². The minimum atomic E-state index is -1.38. The Balaban J connectivity index is 1.57. The summed E-state index contributed by atoms with van der Waals surface area (Å²) >= 11 is 0. The van der Waals surface area contributed by atoms with E-state index in [4.69, 9.17) is 4.74 Å². The van der Waals surface area contributed by atoms with Crippen LogP contribution < -0.4 is 10.3 Å². The number of fused-ring (bicyclic) bond motifs is 2. The Morgan fingerprint density at radius 2 is 2.08 bits per heavy atom. The van der Waals surface area contributed by atoms with Crippen molar-refractivity contribution >= 4 is 28.5 Å². The summed E-state index contributed by atoms with van der Waals surface area (Å²) in [5.41, 5.74) is -0.729. The monoisotopic (exact) mass is 494 g/mol. The van der Waals surface area contributed by atoms with Gasteiger partial charge in [-0.1, -0.05) is 0 Å². The molecule has 3 heterocycles. The van der Waals surface area contributed by atoms with Gasteiger partial charge in [0.05, 0.1) is 29.2 Å². The fourth-order valence-electron chi connectivity index (χ4n) is 5.62. The number of esters is 1. The van der Waals surface area contributed by atoms with Crippen molar-refractivity contribution in [2.24, 2.45) is 5.92 Å². The second kappa shape index (κ2) is 9.30. The smallest absolute Gasteiger partial charge is 0.341 e. The number of aromatic carboxylic acids is 1. The Labute approximate surface area is 207 Å². The number of pyridine rings is 1. The normalized spacial score (nSPS) is 21.6. The van der Waals surface area contributed by atoms with Gasteiger partial charge in [-0.05, 0) is 44.6 Å². The van der Waals surface area contributed by atoms with Crippen LogP contribution in [0.1, 0.15) is 54.6 Å². The molecule has 1 aliphatic carbocycles. The fourth-order valence-corrected chi connectivity index (χ4v) is 5.62. The van der Waals surface area contributed by atoms with Crippen LogP contribution in [0.5, 0.6) is 0 Å². The third kappa shape index (κ3) is 4.08. The third-order valence-electron chi connectivity index (χ3n) is 7.35. The number of halogens is 1. The number of carboxylic acids is 1. The van der Waals surface area contributed by atoms with Crippen LogP contribution in [-0.2, 0) is 9.53 Å². The molecule has 5 rings (SSSR count). The standard InChI is InChI=1S/C26H27FN4O5/c1-2-36-22(32)7-9-29-8-3-4-15-12-30(14-21(15)29)24-18(11-28)23-17(10-20(24)27)25(33)19(26(34)35)13-31(23)16-5-6-16/h7,9-10,13,15-16,21H,2-6,8,12,14H2,1H3,(H,34,35)/t15-,21+/m0/s1. The molecule has 0 bridgehead atoms. The number of carbonyl (C=O) groups is 2. The van der Waals surface area contributed by atoms with Gasteiger partial charge in [0.15, 0.2) is 0 Å². The van der Waals surface area contributed by atoms with E-state index in [1.807, 2.05) is 4.90 Å². The van der Waals surface area contributed by atoms with Crippen molar-refractivity contribution in [1.82, 2.24) is 9.47 Å². The van der Waals surface area contributed by atoms with Crippen molar-refractivity contribution in [3.63, 3.8) is 0 Å². The molecule has 2 saturated heterocycles. The van der Waals surface area contributed by atoms with E-state index in [0.29, 0.717) is 25.2 Å². The van der Waals surface area contributed by atoms with Crippen molar-refractivity contribution in [3.8, 4) is 6.07 Å². The SMILES string of the molecule is CCOC(=O)C=CN1CCC[C@H]2CN(c3c(F)cc4c(=O)c(C(=O)O)cn(C5CC5)c4c3C#N)C[C@H]21. The number of benzene rings is 1. The predicted octanol–water partition coefficient (Wildman–Crippen LogP) is 3.02. The van der Waals surface area contributed by atoms with Gasteiger partial charge in [-0.2, -0.15) is 5.26 Å². The fraction of sp³-hybridized carbons (Fsp3) is 0.462. The number of likely N-dealkylation sites (tertiary alicyclic amines) is 1. The van der Waals surface area contributed by atoms with Crippen molar-refractivity contribution in [3.05, 3.63) is 51.7 Å². The zero-order chi connectivity index (χ0) is 25.6. The van der Waals surface area contributed by atoms with Gasteiger partial charge in [-0.15, -0.1) is 0 Å². The number of hydrogen-bond acceptors (Lipinski definition) is 7. The van der Waals surface area contributed by atoms with Crippen LogP contribution >= 0.6 is 0 Å². The number of anilines is 1. The zero-order valence-corrected chi connectivity index (χ0v) is 19.9. The molecular formula is C26H27FN4O5. The second-order valence-electron chi connectivity index (χ2n) is 9.59. The lowest BCUT2D eigenvalue weighted by Crippen LogP contribution is -2.41. The van der Waals surface area contributed by atoms with Crippen molar-refractivity contribution in [2.45, 2.75) is 44.7 Å². The molecule has 1 aromatic heterocycles. The Bertz CT molecular complexity index is 1370. The summed E-state index contributed by atoms with van der Waals surface area (Å²) in [6.07, 6.45) is 7.88. The van der Waals surface area contributed by atoms with Gasteiger partial charge >= 0.3 is 11.9 Å². The van der Waals surface area contributed by atoms with Crippen LogP contribution in [0.15, 0.2) is 29.3 Å². The Hall–Kier alpha value is -3.87. The quantitative estimate of drug-likeness (QED) is 0.481.